The second-order valence-corrected chi connectivity index (χ2v) is 3.51. The molecule has 0 bridgehead atoms. The minimum absolute atomic E-state index is 0.0144. The first-order valence-electron chi connectivity index (χ1n) is 4.42. The van der Waals surface area contributed by atoms with Crippen molar-refractivity contribution >= 4 is 11.7 Å². The summed E-state index contributed by atoms with van der Waals surface area (Å²) in [5.41, 5.74) is 5.47. The summed E-state index contributed by atoms with van der Waals surface area (Å²) < 4.78 is 13.6. The molecule has 3 nitrogen and oxygen atoms in total. The van der Waals surface area contributed by atoms with Crippen LogP contribution in [0.2, 0.25) is 0 Å². The van der Waals surface area contributed by atoms with Crippen molar-refractivity contribution in [3.63, 3.8) is 0 Å². The highest BCUT2D eigenvalue weighted by atomic mass is 19.1. The number of benzene rings is 1. The van der Waals surface area contributed by atoms with E-state index in [9.17, 15) is 9.18 Å². The van der Waals surface area contributed by atoms with Crippen LogP contribution < -0.4 is 5.73 Å². The van der Waals surface area contributed by atoms with Crippen LogP contribution in [0.5, 0.6) is 0 Å². The van der Waals surface area contributed by atoms with Crippen LogP contribution in [0.15, 0.2) is 12.1 Å². The Hall–Kier alpha value is -1.58. The molecule has 14 heavy (non-hydrogen) atoms. The molecule has 0 aliphatic heterocycles. The highest BCUT2D eigenvalue weighted by Gasteiger charge is 2.29. The number of halogens is 1. The van der Waals surface area contributed by atoms with Crippen LogP contribution in [0.4, 0.5) is 10.1 Å². The number of aromatic carboxylic acids is 1. The van der Waals surface area contributed by atoms with Crippen LogP contribution in [-0.4, -0.2) is 11.1 Å². The molecule has 3 N–H and O–H groups in total. The Morgan fingerprint density at radius 3 is 2.64 bits per heavy atom. The number of hydrogen-bond donors (Lipinski definition) is 2. The van der Waals surface area contributed by atoms with Gasteiger partial charge in [0.1, 0.15) is 11.4 Å². The minimum atomic E-state index is -1.30. The lowest BCUT2D eigenvalue weighted by atomic mass is 10.0. The van der Waals surface area contributed by atoms with Gasteiger partial charge in [-0.3, -0.25) is 0 Å². The maximum atomic E-state index is 13.6. The van der Waals surface area contributed by atoms with Crippen molar-refractivity contribution in [2.45, 2.75) is 18.8 Å². The molecule has 1 aromatic rings. The first-order chi connectivity index (χ1) is 6.61. The van der Waals surface area contributed by atoms with Crippen LogP contribution in [0.3, 0.4) is 0 Å². The highest BCUT2D eigenvalue weighted by Crippen LogP contribution is 2.42. The third-order valence-electron chi connectivity index (χ3n) is 2.44. The summed E-state index contributed by atoms with van der Waals surface area (Å²) in [6.07, 6.45) is 1.86. The van der Waals surface area contributed by atoms with E-state index < -0.39 is 17.3 Å². The molecule has 0 aromatic heterocycles. The van der Waals surface area contributed by atoms with Crippen molar-refractivity contribution in [2.75, 3.05) is 5.73 Å². The first kappa shape index (κ1) is 8.99. The zero-order chi connectivity index (χ0) is 10.3. The SMILES string of the molecule is Nc1ccc(C2CC2)c(F)c1C(=O)O. The maximum Gasteiger partial charge on any atom is 0.340 e. The molecule has 1 aliphatic carbocycles. The van der Waals surface area contributed by atoms with Gasteiger partial charge in [0.2, 0.25) is 0 Å². The summed E-state index contributed by atoms with van der Waals surface area (Å²) in [6.45, 7) is 0. The first-order valence-corrected chi connectivity index (χ1v) is 4.42. The lowest BCUT2D eigenvalue weighted by molar-refractivity contribution is 0.0693. The van der Waals surface area contributed by atoms with Gasteiger partial charge in [-0.1, -0.05) is 6.07 Å². The molecular formula is C10H10FNO2. The number of hydrogen-bond acceptors (Lipinski definition) is 2. The summed E-state index contributed by atoms with van der Waals surface area (Å²) in [4.78, 5) is 10.7. The molecule has 0 spiro atoms. The Balaban J connectivity index is 2.55. The molecule has 4 heteroatoms. The molecule has 1 fully saturated rings. The molecular weight excluding hydrogens is 185 g/mol. The second-order valence-electron chi connectivity index (χ2n) is 3.51. The fourth-order valence-corrected chi connectivity index (χ4v) is 1.53. The van der Waals surface area contributed by atoms with Gasteiger partial charge in [-0.05, 0) is 30.4 Å². The van der Waals surface area contributed by atoms with E-state index in [1.165, 1.54) is 6.07 Å². The van der Waals surface area contributed by atoms with E-state index in [2.05, 4.69) is 0 Å². The van der Waals surface area contributed by atoms with Gasteiger partial charge in [-0.25, -0.2) is 9.18 Å². The fraction of sp³-hybridized carbons (Fsp3) is 0.300. The topological polar surface area (TPSA) is 63.3 Å². The number of carbonyl (C=O) groups is 1. The molecule has 1 aliphatic rings. The van der Waals surface area contributed by atoms with E-state index in [4.69, 9.17) is 10.8 Å². The Morgan fingerprint density at radius 1 is 1.50 bits per heavy atom. The predicted octanol–water partition coefficient (Wildman–Crippen LogP) is 1.98. The van der Waals surface area contributed by atoms with E-state index in [0.29, 0.717) is 5.56 Å². The van der Waals surface area contributed by atoms with E-state index in [1.54, 1.807) is 6.07 Å². The number of anilines is 1. The maximum absolute atomic E-state index is 13.6. The summed E-state index contributed by atoms with van der Waals surface area (Å²) in [5.74, 6) is -1.78. The molecule has 0 radical (unpaired) electrons. The van der Waals surface area contributed by atoms with Gasteiger partial charge < -0.3 is 10.8 Å². The lowest BCUT2D eigenvalue weighted by Gasteiger charge is -2.06. The van der Waals surface area contributed by atoms with E-state index in [1.807, 2.05) is 0 Å². The lowest BCUT2D eigenvalue weighted by Crippen LogP contribution is -2.07. The van der Waals surface area contributed by atoms with Gasteiger partial charge >= 0.3 is 5.97 Å². The average Bonchev–Trinajstić information content (AvgIpc) is 2.86. The van der Waals surface area contributed by atoms with Crippen LogP contribution >= 0.6 is 0 Å². The molecule has 0 heterocycles. The molecule has 74 valence electrons. The smallest absolute Gasteiger partial charge is 0.340 e. The normalized spacial score (nSPS) is 15.5. The number of carboxylic acid groups (broad SMARTS) is 1. The largest absolute Gasteiger partial charge is 0.478 e. The van der Waals surface area contributed by atoms with Crippen LogP contribution in [0, 0.1) is 5.82 Å². The molecule has 1 aromatic carbocycles. The Kier molecular flexibility index (Phi) is 1.91. The zero-order valence-electron chi connectivity index (χ0n) is 7.46. The van der Waals surface area contributed by atoms with Gasteiger partial charge in [-0.2, -0.15) is 0 Å². The molecule has 1 saturated carbocycles. The highest BCUT2D eigenvalue weighted by molar-refractivity contribution is 5.94. The summed E-state index contributed by atoms with van der Waals surface area (Å²) in [5, 5.41) is 8.75. The van der Waals surface area contributed by atoms with Gasteiger partial charge in [0.15, 0.2) is 0 Å². The quantitative estimate of drug-likeness (QED) is 0.709. The third kappa shape index (κ3) is 1.32. The molecule has 0 amide bonds. The van der Waals surface area contributed by atoms with Gasteiger partial charge in [-0.15, -0.1) is 0 Å². The van der Waals surface area contributed by atoms with Crippen molar-refractivity contribution in [1.29, 1.82) is 0 Å². The Morgan fingerprint density at radius 2 is 2.14 bits per heavy atom. The van der Waals surface area contributed by atoms with E-state index in [-0.39, 0.29) is 11.6 Å². The van der Waals surface area contributed by atoms with E-state index >= 15 is 0 Å². The van der Waals surface area contributed by atoms with Crippen LogP contribution in [0.25, 0.3) is 0 Å². The zero-order valence-corrected chi connectivity index (χ0v) is 7.46. The number of nitrogen functional groups attached to an aromatic ring is 1. The Labute approximate surface area is 80.3 Å². The fourth-order valence-electron chi connectivity index (χ4n) is 1.53. The molecule has 0 unspecified atom stereocenters. The summed E-state index contributed by atoms with van der Waals surface area (Å²) >= 11 is 0. The van der Waals surface area contributed by atoms with Crippen molar-refractivity contribution in [2.24, 2.45) is 0 Å². The van der Waals surface area contributed by atoms with Crippen molar-refractivity contribution in [3.05, 3.63) is 29.1 Å². The van der Waals surface area contributed by atoms with Gasteiger partial charge in [0, 0.05) is 5.69 Å². The standard InChI is InChI=1S/C10H10FNO2/c11-9-6(5-1-2-5)3-4-7(12)8(9)10(13)14/h3-5H,1-2,12H2,(H,13,14). The number of nitrogens with two attached hydrogens (primary N) is 1. The number of rotatable bonds is 2. The van der Waals surface area contributed by atoms with Crippen molar-refractivity contribution < 1.29 is 14.3 Å². The van der Waals surface area contributed by atoms with Crippen LogP contribution in [0.1, 0.15) is 34.7 Å². The summed E-state index contributed by atoms with van der Waals surface area (Å²) in [6, 6.07) is 3.04. The second kappa shape index (κ2) is 2.97. The number of carboxylic acids is 1. The Bertz CT molecular complexity index is 399. The molecule has 0 saturated heterocycles. The van der Waals surface area contributed by atoms with Crippen molar-refractivity contribution in [3.8, 4) is 0 Å². The third-order valence-corrected chi connectivity index (χ3v) is 2.44. The minimum Gasteiger partial charge on any atom is -0.478 e. The van der Waals surface area contributed by atoms with Gasteiger partial charge in [0.25, 0.3) is 0 Å². The summed E-state index contributed by atoms with van der Waals surface area (Å²) in [7, 11) is 0. The van der Waals surface area contributed by atoms with E-state index in [0.717, 1.165) is 12.8 Å². The van der Waals surface area contributed by atoms with Crippen LogP contribution in [-0.2, 0) is 0 Å². The van der Waals surface area contributed by atoms with Gasteiger partial charge in [0.05, 0.1) is 0 Å². The predicted molar refractivity (Wildman–Crippen MR) is 49.7 cm³/mol. The molecule has 2 rings (SSSR count). The average molecular weight is 195 g/mol. The van der Waals surface area contributed by atoms with Crippen molar-refractivity contribution in [1.82, 2.24) is 0 Å². The molecule has 0 atom stereocenters. The monoisotopic (exact) mass is 195 g/mol.